The normalized spacial score (nSPS) is 15.6. The van der Waals surface area contributed by atoms with E-state index in [1.54, 1.807) is 6.07 Å². The summed E-state index contributed by atoms with van der Waals surface area (Å²) in [5, 5.41) is 23.8. The van der Waals surface area contributed by atoms with Crippen LogP contribution in [0.15, 0.2) is 55.1 Å². The third-order valence-corrected chi connectivity index (χ3v) is 6.65. The molecule has 0 aliphatic carbocycles. The summed E-state index contributed by atoms with van der Waals surface area (Å²) in [6.07, 6.45) is 3.48. The van der Waals surface area contributed by atoms with E-state index < -0.39 is 55.6 Å². The van der Waals surface area contributed by atoms with E-state index in [0.29, 0.717) is 11.6 Å². The van der Waals surface area contributed by atoms with E-state index in [2.05, 4.69) is 20.6 Å². The van der Waals surface area contributed by atoms with Crippen molar-refractivity contribution in [2.24, 2.45) is 0 Å². The van der Waals surface area contributed by atoms with Gasteiger partial charge in [-0.05, 0) is 35.7 Å². The van der Waals surface area contributed by atoms with Crippen LogP contribution in [0, 0.1) is 5.82 Å². The average Bonchev–Trinajstić information content (AvgIpc) is 2.86. The minimum Gasteiger partial charge on any atom is -0.534 e. The Kier molecular flexibility index (Phi) is 7.55. The van der Waals surface area contributed by atoms with Crippen LogP contribution >= 0.6 is 7.60 Å². The number of rotatable bonds is 7. The highest BCUT2D eigenvalue weighted by Crippen LogP contribution is 2.35. The first-order chi connectivity index (χ1) is 18.0. The molecule has 6 N–H and O–H groups in total. The molecule has 0 bridgehead atoms. The fourth-order valence-electron chi connectivity index (χ4n) is 3.85. The van der Waals surface area contributed by atoms with E-state index in [1.807, 2.05) is 0 Å². The standard InChI is InChI=1S/C22H19BFN4O9P/c24-15-6-11(4-5-16(15)38(34,35)36)18(28-20(29)13-8-25-10-26-9-13)21(30)27-17-7-12-2-1-3-14(22(31)32)19(12)37-23(17)33/h1-6,8-10,17-18,33H,7H2,(H,27,30)(H,28,29)(H,31,32)(H2,34,35,36)/t17-,18+/m0/s1. The Balaban J connectivity index is 1.63. The zero-order valence-corrected chi connectivity index (χ0v) is 20.1. The zero-order valence-electron chi connectivity index (χ0n) is 19.2. The Hall–Kier alpha value is -4.17. The second-order valence-electron chi connectivity index (χ2n) is 8.22. The molecule has 2 amide bonds. The van der Waals surface area contributed by atoms with Crippen LogP contribution in [-0.4, -0.2) is 60.7 Å². The van der Waals surface area contributed by atoms with Crippen molar-refractivity contribution < 1.29 is 47.9 Å². The molecular formula is C22H19BFN4O9P. The maximum Gasteiger partial charge on any atom is 0.547 e. The van der Waals surface area contributed by atoms with E-state index in [0.717, 1.165) is 12.1 Å². The number of hydrogen-bond acceptors (Lipinski definition) is 8. The van der Waals surface area contributed by atoms with Gasteiger partial charge in [-0.25, -0.2) is 19.2 Å². The van der Waals surface area contributed by atoms with Crippen LogP contribution in [-0.2, 0) is 15.8 Å². The van der Waals surface area contributed by atoms with Crippen LogP contribution in [0.25, 0.3) is 0 Å². The Labute approximate surface area is 214 Å². The summed E-state index contributed by atoms with van der Waals surface area (Å²) in [5.41, 5.74) is 0.0117. The number of halogens is 1. The summed E-state index contributed by atoms with van der Waals surface area (Å²) in [6, 6.07) is 5.28. The molecule has 2 heterocycles. The molecule has 16 heteroatoms. The summed E-state index contributed by atoms with van der Waals surface area (Å²) >= 11 is 0. The number of amides is 2. The van der Waals surface area contributed by atoms with Gasteiger partial charge in [-0.3, -0.25) is 14.2 Å². The van der Waals surface area contributed by atoms with Crippen molar-refractivity contribution in [3.8, 4) is 5.75 Å². The van der Waals surface area contributed by atoms with Crippen molar-refractivity contribution in [3.05, 3.63) is 83.2 Å². The minimum atomic E-state index is -4.96. The van der Waals surface area contributed by atoms with Crippen LogP contribution < -0.4 is 20.6 Å². The average molecular weight is 544 g/mol. The van der Waals surface area contributed by atoms with Crippen molar-refractivity contribution in [1.82, 2.24) is 20.6 Å². The SMILES string of the molecule is O=C(N[C@@H](C(=O)N[C@H]1Cc2cccc(C(=O)O)c2OB1O)c1ccc(P(=O)(O)O)c(F)c1)c1cncnc1. The fraction of sp³-hybridized carbons (Fsp3) is 0.136. The number of carboxylic acids is 1. The highest BCUT2D eigenvalue weighted by Gasteiger charge is 2.39. The van der Waals surface area contributed by atoms with E-state index in [9.17, 15) is 43.3 Å². The number of fused-ring (bicyclic) bond motifs is 1. The van der Waals surface area contributed by atoms with Crippen molar-refractivity contribution in [2.45, 2.75) is 18.4 Å². The van der Waals surface area contributed by atoms with Gasteiger partial charge in [0.25, 0.3) is 5.91 Å². The predicted molar refractivity (Wildman–Crippen MR) is 128 cm³/mol. The minimum absolute atomic E-state index is 0.0335. The van der Waals surface area contributed by atoms with Gasteiger partial charge in [-0.15, -0.1) is 0 Å². The Morgan fingerprint density at radius 3 is 2.50 bits per heavy atom. The second kappa shape index (κ2) is 10.7. The summed E-state index contributed by atoms with van der Waals surface area (Å²) in [5.74, 6) is -5.47. The second-order valence-corrected chi connectivity index (χ2v) is 9.78. The van der Waals surface area contributed by atoms with Crippen molar-refractivity contribution in [1.29, 1.82) is 0 Å². The molecule has 0 spiro atoms. The first kappa shape index (κ1) is 26.9. The third kappa shape index (κ3) is 5.71. The number of nitrogens with one attached hydrogen (secondary N) is 2. The summed E-state index contributed by atoms with van der Waals surface area (Å²) in [6.45, 7) is 0. The maximum absolute atomic E-state index is 14.6. The molecule has 3 aromatic rings. The molecule has 0 radical (unpaired) electrons. The number of hydrogen-bond donors (Lipinski definition) is 6. The summed E-state index contributed by atoms with van der Waals surface area (Å²) < 4.78 is 31.4. The lowest BCUT2D eigenvalue weighted by Crippen LogP contribution is -2.55. The number of carbonyl (C=O) groups excluding carboxylic acids is 2. The van der Waals surface area contributed by atoms with Crippen molar-refractivity contribution in [3.63, 3.8) is 0 Å². The zero-order chi connectivity index (χ0) is 27.6. The molecule has 0 saturated carbocycles. The molecule has 0 fully saturated rings. The van der Waals surface area contributed by atoms with Gasteiger partial charge < -0.3 is 35.2 Å². The van der Waals surface area contributed by atoms with Gasteiger partial charge >= 0.3 is 20.7 Å². The quantitative estimate of drug-likeness (QED) is 0.169. The van der Waals surface area contributed by atoms with Gasteiger partial charge in [0.2, 0.25) is 5.91 Å². The molecule has 1 aromatic heterocycles. The van der Waals surface area contributed by atoms with Gasteiger partial charge in [-0.2, -0.15) is 0 Å². The van der Waals surface area contributed by atoms with Gasteiger partial charge in [-0.1, -0.05) is 18.2 Å². The highest BCUT2D eigenvalue weighted by molar-refractivity contribution is 7.60. The predicted octanol–water partition coefficient (Wildman–Crippen LogP) is -0.272. The lowest BCUT2D eigenvalue weighted by Gasteiger charge is -2.30. The van der Waals surface area contributed by atoms with E-state index in [1.165, 1.54) is 30.9 Å². The molecule has 4 rings (SSSR count). The third-order valence-electron chi connectivity index (χ3n) is 5.66. The first-order valence-corrected chi connectivity index (χ1v) is 12.5. The van der Waals surface area contributed by atoms with E-state index >= 15 is 0 Å². The van der Waals surface area contributed by atoms with Crippen molar-refractivity contribution >= 4 is 37.8 Å². The van der Waals surface area contributed by atoms with Gasteiger partial charge in [0, 0.05) is 12.4 Å². The number of carboxylic acid groups (broad SMARTS) is 1. The smallest absolute Gasteiger partial charge is 0.534 e. The maximum atomic E-state index is 14.6. The molecule has 196 valence electrons. The molecule has 0 unspecified atom stereocenters. The number of carbonyl (C=O) groups is 3. The molecule has 1 aliphatic heterocycles. The van der Waals surface area contributed by atoms with Crippen molar-refractivity contribution in [2.75, 3.05) is 0 Å². The number of benzene rings is 2. The van der Waals surface area contributed by atoms with E-state index in [4.69, 9.17) is 4.65 Å². The Morgan fingerprint density at radius 1 is 1.16 bits per heavy atom. The fourth-order valence-corrected chi connectivity index (χ4v) is 4.46. The Morgan fingerprint density at radius 2 is 1.87 bits per heavy atom. The van der Waals surface area contributed by atoms with Gasteiger partial charge in [0.15, 0.2) is 0 Å². The highest BCUT2D eigenvalue weighted by atomic mass is 31.2. The van der Waals surface area contributed by atoms with Gasteiger partial charge in [0.1, 0.15) is 23.9 Å². The lowest BCUT2D eigenvalue weighted by atomic mass is 9.72. The number of para-hydroxylation sites is 1. The molecule has 2 aromatic carbocycles. The van der Waals surface area contributed by atoms with Crippen LogP contribution in [0.3, 0.4) is 0 Å². The molecule has 38 heavy (non-hydrogen) atoms. The van der Waals surface area contributed by atoms with E-state index in [-0.39, 0.29) is 28.9 Å². The summed E-state index contributed by atoms with van der Waals surface area (Å²) in [7, 11) is -6.62. The van der Waals surface area contributed by atoms with Crippen LogP contribution in [0.2, 0.25) is 0 Å². The van der Waals surface area contributed by atoms with Crippen LogP contribution in [0.4, 0.5) is 4.39 Å². The molecule has 13 nitrogen and oxygen atoms in total. The van der Waals surface area contributed by atoms with Gasteiger partial charge in [0.05, 0.1) is 22.4 Å². The number of aromatic carboxylic acids is 1. The molecule has 0 saturated heterocycles. The Bertz CT molecular complexity index is 1460. The lowest BCUT2D eigenvalue weighted by molar-refractivity contribution is -0.123. The molecule has 2 atom stereocenters. The number of aromatic nitrogens is 2. The molecule has 1 aliphatic rings. The molecular weight excluding hydrogens is 525 g/mol. The van der Waals surface area contributed by atoms with Crippen LogP contribution in [0.5, 0.6) is 5.75 Å². The van der Waals surface area contributed by atoms with Crippen LogP contribution in [0.1, 0.15) is 37.9 Å². The number of nitrogens with zero attached hydrogens (tertiary/aromatic N) is 2. The monoisotopic (exact) mass is 544 g/mol. The largest absolute Gasteiger partial charge is 0.547 e. The topological polar surface area (TPSA) is 208 Å². The first-order valence-electron chi connectivity index (χ1n) is 10.9. The summed E-state index contributed by atoms with van der Waals surface area (Å²) in [4.78, 5) is 63.6.